The molecule has 0 fully saturated rings. The minimum absolute atomic E-state index is 0.194. The summed E-state index contributed by atoms with van der Waals surface area (Å²) >= 11 is 12.6. The van der Waals surface area contributed by atoms with Crippen molar-refractivity contribution >= 4 is 46.4 Å². The van der Waals surface area contributed by atoms with E-state index in [0.29, 0.717) is 33.5 Å². The number of anilines is 2. The van der Waals surface area contributed by atoms with Crippen LogP contribution in [0.5, 0.6) is 0 Å². The number of fused-ring (bicyclic) bond motifs is 1. The SMILES string of the molecule is Cc1ccoc1C(=O)Nc1ccc(N2Cc3cccc(Cl)c3C2=O)c(Cl)c1. The molecular weight excluding hydrogens is 387 g/mol. The van der Waals surface area contributed by atoms with E-state index < -0.39 is 0 Å². The Kier molecular flexibility index (Phi) is 4.42. The van der Waals surface area contributed by atoms with E-state index in [9.17, 15) is 9.59 Å². The zero-order chi connectivity index (χ0) is 19.1. The van der Waals surface area contributed by atoms with Crippen molar-refractivity contribution in [2.45, 2.75) is 13.5 Å². The van der Waals surface area contributed by atoms with Crippen LogP contribution in [-0.2, 0) is 6.54 Å². The molecule has 136 valence electrons. The molecule has 0 saturated carbocycles. The number of furan rings is 1. The molecule has 0 saturated heterocycles. The van der Waals surface area contributed by atoms with Crippen LogP contribution in [0.1, 0.15) is 32.0 Å². The largest absolute Gasteiger partial charge is 0.459 e. The number of carbonyl (C=O) groups excluding carboxylic acids is 2. The van der Waals surface area contributed by atoms with Crippen LogP contribution >= 0.6 is 23.2 Å². The second-order valence-corrected chi connectivity index (χ2v) is 7.03. The minimum Gasteiger partial charge on any atom is -0.459 e. The Bertz CT molecular complexity index is 1070. The molecule has 5 nitrogen and oxygen atoms in total. The molecule has 1 aliphatic heterocycles. The number of rotatable bonds is 3. The van der Waals surface area contributed by atoms with Crippen molar-refractivity contribution in [2.75, 3.05) is 10.2 Å². The maximum atomic E-state index is 12.7. The molecule has 1 aromatic heterocycles. The molecule has 0 bridgehead atoms. The van der Waals surface area contributed by atoms with E-state index in [0.717, 1.165) is 11.1 Å². The second kappa shape index (κ2) is 6.76. The van der Waals surface area contributed by atoms with Gasteiger partial charge < -0.3 is 14.6 Å². The number of carbonyl (C=O) groups is 2. The first-order valence-corrected chi connectivity index (χ1v) is 8.95. The Morgan fingerprint density at radius 1 is 1.15 bits per heavy atom. The Hall–Kier alpha value is -2.76. The summed E-state index contributed by atoms with van der Waals surface area (Å²) < 4.78 is 5.18. The Labute approximate surface area is 165 Å². The van der Waals surface area contributed by atoms with Crippen LogP contribution in [0.2, 0.25) is 10.0 Å². The van der Waals surface area contributed by atoms with Gasteiger partial charge in [-0.2, -0.15) is 0 Å². The molecule has 0 unspecified atom stereocenters. The predicted octanol–water partition coefficient (Wildman–Crippen LogP) is 5.31. The predicted molar refractivity (Wildman–Crippen MR) is 105 cm³/mol. The van der Waals surface area contributed by atoms with Gasteiger partial charge in [0.1, 0.15) is 0 Å². The van der Waals surface area contributed by atoms with Gasteiger partial charge in [-0.3, -0.25) is 9.59 Å². The van der Waals surface area contributed by atoms with Gasteiger partial charge in [-0.15, -0.1) is 0 Å². The van der Waals surface area contributed by atoms with Gasteiger partial charge in [-0.25, -0.2) is 0 Å². The zero-order valence-corrected chi connectivity index (χ0v) is 15.8. The number of hydrogen-bond donors (Lipinski definition) is 1. The highest BCUT2D eigenvalue weighted by Crippen LogP contribution is 2.37. The molecule has 7 heteroatoms. The van der Waals surface area contributed by atoms with Crippen LogP contribution in [0.4, 0.5) is 11.4 Å². The smallest absolute Gasteiger partial charge is 0.291 e. The van der Waals surface area contributed by atoms with Crippen molar-refractivity contribution in [1.82, 2.24) is 0 Å². The molecule has 4 rings (SSSR count). The van der Waals surface area contributed by atoms with Gasteiger partial charge in [0.25, 0.3) is 11.8 Å². The van der Waals surface area contributed by atoms with Crippen molar-refractivity contribution in [1.29, 1.82) is 0 Å². The highest BCUT2D eigenvalue weighted by Gasteiger charge is 2.31. The van der Waals surface area contributed by atoms with E-state index in [4.69, 9.17) is 27.6 Å². The summed E-state index contributed by atoms with van der Waals surface area (Å²) in [6.45, 7) is 2.18. The van der Waals surface area contributed by atoms with Crippen LogP contribution in [0.25, 0.3) is 0 Å². The first kappa shape index (κ1) is 17.6. The number of hydrogen-bond acceptors (Lipinski definition) is 3. The maximum Gasteiger partial charge on any atom is 0.291 e. The fourth-order valence-electron chi connectivity index (χ4n) is 3.11. The zero-order valence-electron chi connectivity index (χ0n) is 14.3. The average molecular weight is 401 g/mol. The number of benzene rings is 2. The first-order chi connectivity index (χ1) is 13.0. The lowest BCUT2D eigenvalue weighted by Gasteiger charge is -2.18. The number of halogens is 2. The van der Waals surface area contributed by atoms with Gasteiger partial charge in [0.05, 0.1) is 34.1 Å². The van der Waals surface area contributed by atoms with Crippen molar-refractivity contribution < 1.29 is 14.0 Å². The van der Waals surface area contributed by atoms with Gasteiger partial charge in [-0.1, -0.05) is 35.3 Å². The quantitative estimate of drug-likeness (QED) is 0.647. The summed E-state index contributed by atoms with van der Waals surface area (Å²) in [5.74, 6) is -0.312. The second-order valence-electron chi connectivity index (χ2n) is 6.22. The van der Waals surface area contributed by atoms with Crippen LogP contribution in [0.3, 0.4) is 0 Å². The van der Waals surface area contributed by atoms with Crippen LogP contribution in [-0.4, -0.2) is 11.8 Å². The molecule has 0 atom stereocenters. The summed E-state index contributed by atoms with van der Waals surface area (Å²) in [6, 6.07) is 12.1. The lowest BCUT2D eigenvalue weighted by atomic mass is 10.1. The third-order valence-corrected chi connectivity index (χ3v) is 5.07. The van der Waals surface area contributed by atoms with E-state index >= 15 is 0 Å². The lowest BCUT2D eigenvalue weighted by molar-refractivity contribution is 0.0988. The van der Waals surface area contributed by atoms with Crippen LogP contribution in [0, 0.1) is 6.92 Å². The molecular formula is C20H14Cl2N2O3. The fourth-order valence-corrected chi connectivity index (χ4v) is 3.67. The van der Waals surface area contributed by atoms with E-state index in [1.165, 1.54) is 6.26 Å². The standard InChI is InChI=1S/C20H14Cl2N2O3/c1-11-7-8-27-18(11)19(25)23-13-5-6-16(15(22)9-13)24-10-12-3-2-4-14(21)17(12)20(24)26/h2-9H,10H2,1H3,(H,23,25). The van der Waals surface area contributed by atoms with E-state index in [1.807, 2.05) is 12.1 Å². The van der Waals surface area contributed by atoms with Crippen molar-refractivity contribution in [3.8, 4) is 0 Å². The molecule has 2 amide bonds. The van der Waals surface area contributed by atoms with Crippen molar-refractivity contribution in [3.05, 3.63) is 81.2 Å². The number of amides is 2. The molecule has 27 heavy (non-hydrogen) atoms. The fraction of sp³-hybridized carbons (Fsp3) is 0.100. The number of nitrogens with one attached hydrogen (secondary N) is 1. The summed E-state index contributed by atoms with van der Waals surface area (Å²) in [5.41, 5.74) is 3.16. The Balaban J connectivity index is 1.58. The summed E-state index contributed by atoms with van der Waals surface area (Å²) in [4.78, 5) is 26.6. The summed E-state index contributed by atoms with van der Waals surface area (Å²) in [6.07, 6.45) is 1.46. The molecule has 0 spiro atoms. The molecule has 1 N–H and O–H groups in total. The third-order valence-electron chi connectivity index (χ3n) is 4.45. The number of aryl methyl sites for hydroxylation is 1. The molecule has 2 heterocycles. The van der Waals surface area contributed by atoms with E-state index in [1.54, 1.807) is 42.2 Å². The molecule has 3 aromatic rings. The summed E-state index contributed by atoms with van der Waals surface area (Å²) in [5, 5.41) is 3.51. The molecule has 0 aliphatic carbocycles. The molecule has 2 aromatic carbocycles. The van der Waals surface area contributed by atoms with Crippen molar-refractivity contribution in [3.63, 3.8) is 0 Å². The van der Waals surface area contributed by atoms with Gasteiger partial charge in [0.15, 0.2) is 5.76 Å². The third kappa shape index (κ3) is 3.09. The highest BCUT2D eigenvalue weighted by atomic mass is 35.5. The van der Waals surface area contributed by atoms with E-state index in [-0.39, 0.29) is 17.6 Å². The van der Waals surface area contributed by atoms with Crippen LogP contribution < -0.4 is 10.2 Å². The highest BCUT2D eigenvalue weighted by molar-refractivity contribution is 6.37. The van der Waals surface area contributed by atoms with E-state index in [2.05, 4.69) is 5.32 Å². The monoisotopic (exact) mass is 400 g/mol. The first-order valence-electron chi connectivity index (χ1n) is 8.20. The lowest BCUT2D eigenvalue weighted by Crippen LogP contribution is -2.23. The van der Waals surface area contributed by atoms with Gasteiger partial charge in [0.2, 0.25) is 0 Å². The van der Waals surface area contributed by atoms with Gasteiger partial charge in [-0.05, 0) is 42.8 Å². The minimum atomic E-state index is -0.363. The van der Waals surface area contributed by atoms with Gasteiger partial charge >= 0.3 is 0 Å². The van der Waals surface area contributed by atoms with Crippen molar-refractivity contribution in [2.24, 2.45) is 0 Å². The average Bonchev–Trinajstić information content (AvgIpc) is 3.19. The Morgan fingerprint density at radius 3 is 2.63 bits per heavy atom. The number of nitrogens with zero attached hydrogens (tertiary/aromatic N) is 1. The Morgan fingerprint density at radius 2 is 1.96 bits per heavy atom. The normalized spacial score (nSPS) is 13.0. The van der Waals surface area contributed by atoms with Gasteiger partial charge in [0, 0.05) is 11.3 Å². The summed E-state index contributed by atoms with van der Waals surface area (Å²) in [7, 11) is 0. The maximum absolute atomic E-state index is 12.7. The van der Waals surface area contributed by atoms with Crippen LogP contribution in [0.15, 0.2) is 53.1 Å². The molecule has 0 radical (unpaired) electrons. The topological polar surface area (TPSA) is 62.6 Å². The molecule has 1 aliphatic rings.